The highest BCUT2D eigenvalue weighted by atomic mass is 32.1. The summed E-state index contributed by atoms with van der Waals surface area (Å²) in [6.07, 6.45) is -2.68. The molecule has 2 aromatic rings. The summed E-state index contributed by atoms with van der Waals surface area (Å²) < 4.78 is 28.4. The van der Waals surface area contributed by atoms with E-state index >= 15 is 0 Å². The van der Waals surface area contributed by atoms with Crippen molar-refractivity contribution < 1.29 is 8.78 Å². The second-order valence-corrected chi connectivity index (χ2v) is 8.55. The Hall–Kier alpha value is -1.81. The lowest BCUT2D eigenvalue weighted by Crippen LogP contribution is -2.41. The average molecular weight is 417 g/mol. The Labute approximate surface area is 164 Å². The first-order valence-corrected chi connectivity index (χ1v) is 9.99. The number of fused-ring (bicyclic) bond motifs is 1. The average Bonchev–Trinajstić information content (AvgIpc) is 3.12. The molecule has 10 heteroatoms. The molecular weight excluding hydrogens is 394 g/mol. The molecule has 2 aromatic heterocycles. The highest BCUT2D eigenvalue weighted by Crippen LogP contribution is 2.29. The first-order chi connectivity index (χ1) is 12.7. The molecule has 3 rings (SSSR count). The molecule has 0 unspecified atom stereocenters. The molecule has 1 aliphatic rings. The van der Waals surface area contributed by atoms with E-state index in [2.05, 4.69) is 5.32 Å². The van der Waals surface area contributed by atoms with Gasteiger partial charge in [0.2, 0.25) is 0 Å². The van der Waals surface area contributed by atoms with Crippen LogP contribution in [0.1, 0.15) is 24.3 Å². The quantitative estimate of drug-likeness (QED) is 0.732. The van der Waals surface area contributed by atoms with Crippen LogP contribution >= 0.6 is 23.6 Å². The lowest BCUT2D eigenvalue weighted by atomic mass is 10.2. The van der Waals surface area contributed by atoms with Crippen LogP contribution in [0.15, 0.2) is 9.59 Å². The normalized spacial score (nSPS) is 14.8. The molecule has 148 valence electrons. The lowest BCUT2D eigenvalue weighted by molar-refractivity contribution is 0.126. The number of nitrogens with one attached hydrogen (secondary N) is 1. The van der Waals surface area contributed by atoms with Crippen LogP contribution in [-0.2, 0) is 19.6 Å². The van der Waals surface area contributed by atoms with Gasteiger partial charge in [-0.25, -0.2) is 13.6 Å². The fourth-order valence-electron chi connectivity index (χ4n) is 3.25. The van der Waals surface area contributed by atoms with Gasteiger partial charge in [0.05, 0.1) is 18.5 Å². The molecule has 0 aromatic carbocycles. The van der Waals surface area contributed by atoms with Gasteiger partial charge in [-0.3, -0.25) is 13.9 Å². The first kappa shape index (κ1) is 19.9. The number of rotatable bonds is 6. The highest BCUT2D eigenvalue weighted by molar-refractivity contribution is 7.80. The molecule has 0 aliphatic carbocycles. The summed E-state index contributed by atoms with van der Waals surface area (Å²) >= 11 is 6.49. The zero-order valence-corrected chi connectivity index (χ0v) is 17.1. The van der Waals surface area contributed by atoms with Gasteiger partial charge in [0, 0.05) is 24.5 Å². The fraction of sp³-hybridized carbons (Fsp3) is 0.588. The van der Waals surface area contributed by atoms with Crippen molar-refractivity contribution in [3.8, 4) is 0 Å². The van der Waals surface area contributed by atoms with Crippen molar-refractivity contribution in [2.24, 2.45) is 5.92 Å². The maximum atomic E-state index is 13.1. The van der Waals surface area contributed by atoms with Gasteiger partial charge in [-0.2, -0.15) is 0 Å². The Morgan fingerprint density at radius 3 is 2.48 bits per heavy atom. The monoisotopic (exact) mass is 416 g/mol. The molecule has 0 atom stereocenters. The number of thiophene rings is 1. The van der Waals surface area contributed by atoms with Gasteiger partial charge in [-0.1, -0.05) is 13.8 Å². The SMILES string of the molecule is Cc1c(CN2CCNC2=S)sc2c1c(=O)n(CC(C)C)c(=O)n2CC(F)F. The van der Waals surface area contributed by atoms with Crippen LogP contribution in [0.5, 0.6) is 0 Å². The number of hydrogen-bond acceptors (Lipinski definition) is 4. The van der Waals surface area contributed by atoms with Crippen molar-refractivity contribution in [3.05, 3.63) is 31.3 Å². The topological polar surface area (TPSA) is 59.3 Å². The molecule has 1 fully saturated rings. The molecule has 1 aliphatic heterocycles. The van der Waals surface area contributed by atoms with E-state index < -0.39 is 24.2 Å². The van der Waals surface area contributed by atoms with E-state index in [-0.39, 0.29) is 12.5 Å². The van der Waals surface area contributed by atoms with Crippen LogP contribution < -0.4 is 16.6 Å². The number of aryl methyl sites for hydroxylation is 1. The minimum Gasteiger partial charge on any atom is -0.361 e. The summed E-state index contributed by atoms with van der Waals surface area (Å²) in [5, 5.41) is 4.06. The molecule has 0 amide bonds. The van der Waals surface area contributed by atoms with E-state index in [1.165, 1.54) is 11.3 Å². The van der Waals surface area contributed by atoms with E-state index in [9.17, 15) is 18.4 Å². The van der Waals surface area contributed by atoms with Crippen molar-refractivity contribution in [1.29, 1.82) is 0 Å². The zero-order chi connectivity index (χ0) is 19.9. The summed E-state index contributed by atoms with van der Waals surface area (Å²) in [6, 6.07) is 0. The maximum absolute atomic E-state index is 13.1. The lowest BCUT2D eigenvalue weighted by Gasteiger charge is -2.15. The largest absolute Gasteiger partial charge is 0.361 e. The van der Waals surface area contributed by atoms with E-state index in [0.29, 0.717) is 21.9 Å². The van der Waals surface area contributed by atoms with Gasteiger partial charge in [0.15, 0.2) is 5.11 Å². The minimum atomic E-state index is -2.68. The Morgan fingerprint density at radius 1 is 1.22 bits per heavy atom. The fourth-order valence-corrected chi connectivity index (χ4v) is 4.82. The van der Waals surface area contributed by atoms with E-state index in [4.69, 9.17) is 12.2 Å². The van der Waals surface area contributed by atoms with Gasteiger partial charge < -0.3 is 10.2 Å². The molecule has 0 bridgehead atoms. The summed E-state index contributed by atoms with van der Waals surface area (Å²) in [5.74, 6) is 0.0410. The predicted octanol–water partition coefficient (Wildman–Crippen LogP) is 2.14. The minimum absolute atomic E-state index is 0.0410. The summed E-state index contributed by atoms with van der Waals surface area (Å²) in [7, 11) is 0. The standard InChI is InChI=1S/C17H22F2N4O2S2/c1-9(2)6-22-14(24)13-10(3)11(7-21-5-4-20-16(21)26)27-15(13)23(17(22)25)8-12(18)19/h9,12H,4-8H2,1-3H3,(H,20,26). The molecule has 1 saturated heterocycles. The molecule has 0 saturated carbocycles. The van der Waals surface area contributed by atoms with Crippen LogP contribution in [0.25, 0.3) is 10.2 Å². The molecule has 27 heavy (non-hydrogen) atoms. The molecule has 1 N–H and O–H groups in total. The molecule has 0 radical (unpaired) electrons. The number of aromatic nitrogens is 2. The van der Waals surface area contributed by atoms with Crippen molar-refractivity contribution in [1.82, 2.24) is 19.4 Å². The molecule has 3 heterocycles. The van der Waals surface area contributed by atoms with Gasteiger partial charge in [0.1, 0.15) is 4.83 Å². The van der Waals surface area contributed by atoms with Crippen molar-refractivity contribution in [3.63, 3.8) is 0 Å². The Kier molecular flexibility index (Phi) is 5.66. The van der Waals surface area contributed by atoms with Gasteiger partial charge >= 0.3 is 5.69 Å². The zero-order valence-electron chi connectivity index (χ0n) is 15.4. The predicted molar refractivity (Wildman–Crippen MR) is 107 cm³/mol. The highest BCUT2D eigenvalue weighted by Gasteiger charge is 2.24. The Morgan fingerprint density at radius 2 is 1.93 bits per heavy atom. The first-order valence-electron chi connectivity index (χ1n) is 8.77. The van der Waals surface area contributed by atoms with Crippen LogP contribution in [0.4, 0.5) is 8.78 Å². The van der Waals surface area contributed by atoms with Crippen LogP contribution in [0.3, 0.4) is 0 Å². The third-order valence-electron chi connectivity index (χ3n) is 4.54. The van der Waals surface area contributed by atoms with Gasteiger partial charge in [-0.05, 0) is 30.6 Å². The maximum Gasteiger partial charge on any atom is 0.332 e. The number of nitrogens with zero attached hydrogens (tertiary/aromatic N) is 3. The van der Waals surface area contributed by atoms with Crippen molar-refractivity contribution >= 4 is 38.9 Å². The Bertz CT molecular complexity index is 993. The summed E-state index contributed by atoms with van der Waals surface area (Å²) in [6.45, 7) is 7.01. The summed E-state index contributed by atoms with van der Waals surface area (Å²) in [5.41, 5.74) is -0.348. The Balaban J connectivity index is 2.21. The number of alkyl halides is 2. The number of thiocarbonyl (C=S) groups is 1. The second-order valence-electron chi connectivity index (χ2n) is 7.08. The molecular formula is C17H22F2N4O2S2. The third-order valence-corrected chi connectivity index (χ3v) is 6.24. The van der Waals surface area contributed by atoms with Crippen molar-refractivity contribution in [2.75, 3.05) is 13.1 Å². The van der Waals surface area contributed by atoms with Crippen LogP contribution in [0.2, 0.25) is 0 Å². The van der Waals surface area contributed by atoms with Crippen molar-refractivity contribution in [2.45, 2.75) is 46.8 Å². The second kappa shape index (κ2) is 7.67. The number of halogens is 2. The number of hydrogen-bond donors (Lipinski definition) is 1. The van der Waals surface area contributed by atoms with E-state index in [1.54, 1.807) is 6.92 Å². The van der Waals surface area contributed by atoms with Crippen LogP contribution in [-0.4, -0.2) is 38.7 Å². The third kappa shape index (κ3) is 3.77. The molecule has 0 spiro atoms. The van der Waals surface area contributed by atoms with Crippen LogP contribution in [0, 0.1) is 12.8 Å². The molecule has 6 nitrogen and oxygen atoms in total. The van der Waals surface area contributed by atoms with E-state index in [0.717, 1.165) is 32.7 Å². The van der Waals surface area contributed by atoms with Gasteiger partial charge in [0.25, 0.3) is 12.0 Å². The van der Waals surface area contributed by atoms with E-state index in [1.807, 2.05) is 18.7 Å². The smallest absolute Gasteiger partial charge is 0.332 e. The summed E-state index contributed by atoms with van der Waals surface area (Å²) in [4.78, 5) is 28.9. The van der Waals surface area contributed by atoms with Gasteiger partial charge in [-0.15, -0.1) is 11.3 Å².